The van der Waals surface area contributed by atoms with Gasteiger partial charge < -0.3 is 5.32 Å². The first kappa shape index (κ1) is 15.3. The largest absolute Gasteiger partial charge is 0.329 e. The molecular formula is C20H19NO2S. The predicted molar refractivity (Wildman–Crippen MR) is 95.0 cm³/mol. The zero-order chi connectivity index (χ0) is 16.7. The number of aryl methyl sites for hydroxylation is 1. The van der Waals surface area contributed by atoms with Crippen LogP contribution < -0.4 is 5.32 Å². The number of carbonyl (C=O) groups excluding carboxylic acids is 2. The summed E-state index contributed by atoms with van der Waals surface area (Å²) in [4.78, 5) is 26.2. The minimum atomic E-state index is -0.0692. The second-order valence-corrected chi connectivity index (χ2v) is 7.63. The zero-order valence-corrected chi connectivity index (χ0v) is 14.4. The fourth-order valence-corrected chi connectivity index (χ4v) is 4.60. The van der Waals surface area contributed by atoms with E-state index in [9.17, 15) is 9.59 Å². The molecule has 3 nitrogen and oxygen atoms in total. The molecule has 0 radical (unpaired) electrons. The first-order chi connectivity index (χ1) is 11.6. The topological polar surface area (TPSA) is 46.2 Å². The second-order valence-electron chi connectivity index (χ2n) is 6.65. The summed E-state index contributed by atoms with van der Waals surface area (Å²) < 4.78 is 0. The summed E-state index contributed by atoms with van der Waals surface area (Å²) >= 11 is 1.62. The Bertz CT molecular complexity index is 818. The molecule has 1 aromatic heterocycles. The average Bonchev–Trinajstić information content (AvgIpc) is 3.08. The lowest BCUT2D eigenvalue weighted by molar-refractivity contribution is -0.122. The Kier molecular flexibility index (Phi) is 3.85. The molecule has 2 atom stereocenters. The van der Waals surface area contributed by atoms with Gasteiger partial charge in [-0.1, -0.05) is 35.9 Å². The van der Waals surface area contributed by atoms with Crippen molar-refractivity contribution in [2.75, 3.05) is 0 Å². The molecule has 1 amide bonds. The van der Waals surface area contributed by atoms with E-state index in [-0.39, 0.29) is 23.5 Å². The van der Waals surface area contributed by atoms with Crippen LogP contribution in [0.5, 0.6) is 0 Å². The number of Topliss-reactive ketones (excluding diaryl/α,β-unsaturated/α-hetero) is 1. The van der Waals surface area contributed by atoms with Crippen LogP contribution in [0.1, 0.15) is 47.1 Å². The molecule has 2 aromatic rings. The van der Waals surface area contributed by atoms with E-state index in [4.69, 9.17) is 0 Å². The van der Waals surface area contributed by atoms with Crippen molar-refractivity contribution in [3.05, 3.63) is 69.1 Å². The number of hydrogen-bond acceptors (Lipinski definition) is 3. The Morgan fingerprint density at radius 3 is 2.54 bits per heavy atom. The summed E-state index contributed by atoms with van der Waals surface area (Å²) in [7, 11) is 0. The smallest absolute Gasteiger partial charge is 0.225 e. The molecule has 0 saturated carbocycles. The van der Waals surface area contributed by atoms with E-state index in [1.807, 2.05) is 17.5 Å². The van der Waals surface area contributed by atoms with E-state index in [1.165, 1.54) is 11.1 Å². The van der Waals surface area contributed by atoms with Gasteiger partial charge in [0, 0.05) is 34.9 Å². The highest BCUT2D eigenvalue weighted by Crippen LogP contribution is 2.43. The number of benzene rings is 1. The van der Waals surface area contributed by atoms with Gasteiger partial charge in [0.05, 0.1) is 0 Å². The fourth-order valence-electron chi connectivity index (χ4n) is 3.77. The van der Waals surface area contributed by atoms with Crippen molar-refractivity contribution < 1.29 is 9.59 Å². The number of amides is 1. The minimum absolute atomic E-state index is 0.0181. The van der Waals surface area contributed by atoms with E-state index in [1.54, 1.807) is 11.3 Å². The normalized spacial score (nSPS) is 23.9. The quantitative estimate of drug-likeness (QED) is 0.898. The molecule has 0 saturated heterocycles. The van der Waals surface area contributed by atoms with Crippen LogP contribution in [0.15, 0.2) is 53.0 Å². The van der Waals surface area contributed by atoms with Gasteiger partial charge in [-0.15, -0.1) is 11.3 Å². The van der Waals surface area contributed by atoms with Crippen molar-refractivity contribution in [3.63, 3.8) is 0 Å². The van der Waals surface area contributed by atoms with Crippen LogP contribution in [0.3, 0.4) is 0 Å². The van der Waals surface area contributed by atoms with Gasteiger partial charge in [0.1, 0.15) is 0 Å². The maximum absolute atomic E-state index is 12.9. The Hall–Kier alpha value is -2.20. The summed E-state index contributed by atoms with van der Waals surface area (Å²) in [6, 6.07) is 12.4. The van der Waals surface area contributed by atoms with E-state index in [0.29, 0.717) is 12.8 Å². The number of thiophene rings is 1. The van der Waals surface area contributed by atoms with E-state index in [2.05, 4.69) is 36.5 Å². The summed E-state index contributed by atoms with van der Waals surface area (Å²) in [5.41, 5.74) is 4.06. The molecule has 1 aromatic carbocycles. The molecule has 122 valence electrons. The molecule has 0 spiro atoms. The van der Waals surface area contributed by atoms with Crippen LogP contribution in [0, 0.1) is 6.92 Å². The summed E-state index contributed by atoms with van der Waals surface area (Å²) in [6.45, 7) is 2.06. The van der Waals surface area contributed by atoms with E-state index >= 15 is 0 Å². The Balaban J connectivity index is 1.70. The van der Waals surface area contributed by atoms with Gasteiger partial charge in [-0.25, -0.2) is 0 Å². The molecule has 4 heteroatoms. The third kappa shape index (κ3) is 2.71. The lowest BCUT2D eigenvalue weighted by Gasteiger charge is -2.34. The molecule has 0 unspecified atom stereocenters. The van der Waals surface area contributed by atoms with Crippen LogP contribution in [0.2, 0.25) is 0 Å². The molecule has 1 N–H and O–H groups in total. The molecule has 2 heterocycles. The van der Waals surface area contributed by atoms with Gasteiger partial charge in [-0.05, 0) is 36.3 Å². The van der Waals surface area contributed by atoms with Gasteiger partial charge in [0.15, 0.2) is 5.78 Å². The molecule has 0 bridgehead atoms. The Labute approximate surface area is 145 Å². The fraction of sp³-hybridized carbons (Fsp3) is 0.300. The molecule has 0 fully saturated rings. The van der Waals surface area contributed by atoms with Crippen LogP contribution in [0.4, 0.5) is 0 Å². The summed E-state index contributed by atoms with van der Waals surface area (Å²) in [5, 5.41) is 4.98. The number of carbonyl (C=O) groups is 2. The second kappa shape index (κ2) is 6.02. The van der Waals surface area contributed by atoms with Crippen molar-refractivity contribution in [2.24, 2.45) is 0 Å². The molecule has 24 heavy (non-hydrogen) atoms. The molecule has 4 rings (SSSR count). The number of hydrogen-bond donors (Lipinski definition) is 1. The van der Waals surface area contributed by atoms with Crippen LogP contribution in [-0.2, 0) is 9.59 Å². The highest BCUT2D eigenvalue weighted by Gasteiger charge is 2.38. The SMILES string of the molecule is Cc1ccc([C@@H]2CC(=O)C3=C(C2)NC(=O)C[C@@H]3c2cccs2)cc1. The number of ketones is 1. The van der Waals surface area contributed by atoms with Gasteiger partial charge in [-0.2, -0.15) is 0 Å². The third-order valence-electron chi connectivity index (χ3n) is 4.97. The Morgan fingerprint density at radius 1 is 1.04 bits per heavy atom. The van der Waals surface area contributed by atoms with Crippen LogP contribution in [-0.4, -0.2) is 11.7 Å². The van der Waals surface area contributed by atoms with Gasteiger partial charge in [-0.3, -0.25) is 9.59 Å². The number of allylic oxidation sites excluding steroid dienone is 2. The summed E-state index contributed by atoms with van der Waals surface area (Å²) in [5.74, 6) is 0.282. The molecular weight excluding hydrogens is 318 g/mol. The number of nitrogens with one attached hydrogen (secondary N) is 1. The highest BCUT2D eigenvalue weighted by atomic mass is 32.1. The standard InChI is InChI=1S/C20H19NO2S/c1-12-4-6-13(7-5-12)14-9-16-20(17(22)10-14)15(11-19(23)21-16)18-3-2-8-24-18/h2-8,14-15H,9-11H2,1H3,(H,21,23)/t14-,15+/m0/s1. The molecule has 1 aliphatic heterocycles. The lowest BCUT2D eigenvalue weighted by atomic mass is 9.75. The third-order valence-corrected chi connectivity index (χ3v) is 5.96. The average molecular weight is 337 g/mol. The zero-order valence-electron chi connectivity index (χ0n) is 13.5. The number of rotatable bonds is 2. The lowest BCUT2D eigenvalue weighted by Crippen LogP contribution is -2.37. The monoisotopic (exact) mass is 337 g/mol. The van der Waals surface area contributed by atoms with Gasteiger partial charge in [0.25, 0.3) is 0 Å². The minimum Gasteiger partial charge on any atom is -0.329 e. The summed E-state index contributed by atoms with van der Waals surface area (Å²) in [6.07, 6.45) is 1.64. The maximum atomic E-state index is 12.9. The Morgan fingerprint density at radius 2 is 1.83 bits per heavy atom. The maximum Gasteiger partial charge on any atom is 0.225 e. The predicted octanol–water partition coefficient (Wildman–Crippen LogP) is 4.06. The highest BCUT2D eigenvalue weighted by molar-refractivity contribution is 7.10. The van der Waals surface area contributed by atoms with Gasteiger partial charge >= 0.3 is 0 Å². The first-order valence-corrected chi connectivity index (χ1v) is 9.16. The molecule has 1 aliphatic carbocycles. The van der Waals surface area contributed by atoms with Crippen LogP contribution >= 0.6 is 11.3 Å². The first-order valence-electron chi connectivity index (χ1n) is 8.28. The van der Waals surface area contributed by atoms with Crippen molar-refractivity contribution in [1.29, 1.82) is 0 Å². The van der Waals surface area contributed by atoms with E-state index < -0.39 is 0 Å². The van der Waals surface area contributed by atoms with Crippen molar-refractivity contribution >= 4 is 23.0 Å². The van der Waals surface area contributed by atoms with Crippen molar-refractivity contribution in [3.8, 4) is 0 Å². The van der Waals surface area contributed by atoms with Crippen LogP contribution in [0.25, 0.3) is 0 Å². The van der Waals surface area contributed by atoms with E-state index in [0.717, 1.165) is 22.6 Å². The van der Waals surface area contributed by atoms with Crippen molar-refractivity contribution in [2.45, 2.75) is 38.0 Å². The van der Waals surface area contributed by atoms with Gasteiger partial charge in [0.2, 0.25) is 5.91 Å². The molecule has 2 aliphatic rings. The van der Waals surface area contributed by atoms with Crippen molar-refractivity contribution in [1.82, 2.24) is 5.32 Å².